The third-order valence-electron chi connectivity index (χ3n) is 3.85. The summed E-state index contributed by atoms with van der Waals surface area (Å²) in [7, 11) is 0. The summed E-state index contributed by atoms with van der Waals surface area (Å²) in [6.07, 6.45) is -4.75. The van der Waals surface area contributed by atoms with Gasteiger partial charge in [-0.3, -0.25) is 0 Å². The van der Waals surface area contributed by atoms with Crippen molar-refractivity contribution in [2.75, 3.05) is 0 Å². The summed E-state index contributed by atoms with van der Waals surface area (Å²) >= 11 is 1.27. The largest absolute Gasteiger partial charge is 0.573 e. The summed E-state index contributed by atoms with van der Waals surface area (Å²) in [5, 5.41) is 19.8. The molecule has 0 aliphatic heterocycles. The van der Waals surface area contributed by atoms with Gasteiger partial charge in [-0.2, -0.15) is 4.68 Å². The van der Waals surface area contributed by atoms with E-state index in [4.69, 9.17) is 4.42 Å². The summed E-state index contributed by atoms with van der Waals surface area (Å²) in [5.41, 5.74) is 1.28. The Morgan fingerprint density at radius 2 is 1.73 bits per heavy atom. The van der Waals surface area contributed by atoms with E-state index in [0.717, 1.165) is 5.56 Å². The number of hydrogen-bond donors (Lipinski definition) is 0. The molecule has 4 aromatic rings. The minimum absolute atomic E-state index is 0.271. The molecule has 0 bridgehead atoms. The third kappa shape index (κ3) is 4.59. The number of nitrogens with zero attached hydrogens (tertiary/aromatic N) is 6. The topological polar surface area (TPSA) is 91.8 Å². The van der Waals surface area contributed by atoms with E-state index < -0.39 is 6.36 Å². The maximum Gasteiger partial charge on any atom is 0.573 e. The highest BCUT2D eigenvalue weighted by Gasteiger charge is 2.31. The Bertz CT molecular complexity index is 1110. The molecule has 0 aliphatic rings. The summed E-state index contributed by atoms with van der Waals surface area (Å²) < 4.78 is 47.9. The number of benzene rings is 2. The molecule has 0 saturated carbocycles. The van der Waals surface area contributed by atoms with Crippen LogP contribution in [0.25, 0.3) is 17.1 Å². The number of halogens is 3. The average molecular weight is 434 g/mol. The zero-order valence-electron chi connectivity index (χ0n) is 15.3. The van der Waals surface area contributed by atoms with Crippen molar-refractivity contribution in [3.8, 4) is 22.9 Å². The number of aromatic nitrogens is 6. The summed E-state index contributed by atoms with van der Waals surface area (Å²) in [6, 6.07) is 14.6. The monoisotopic (exact) mass is 434 g/mol. The van der Waals surface area contributed by atoms with Crippen molar-refractivity contribution in [3.63, 3.8) is 0 Å². The third-order valence-corrected chi connectivity index (χ3v) is 4.87. The van der Waals surface area contributed by atoms with E-state index in [1.165, 1.54) is 40.7 Å². The van der Waals surface area contributed by atoms with Crippen LogP contribution >= 0.6 is 11.8 Å². The van der Waals surface area contributed by atoms with Crippen molar-refractivity contribution in [1.82, 2.24) is 30.4 Å². The molecule has 0 fully saturated rings. The highest BCUT2D eigenvalue weighted by molar-refractivity contribution is 7.99. The number of ether oxygens (including phenoxy) is 1. The van der Waals surface area contributed by atoms with Gasteiger partial charge in [-0.05, 0) is 53.7 Å². The Hall–Kier alpha value is -3.41. The van der Waals surface area contributed by atoms with Crippen LogP contribution in [0.15, 0.2) is 64.2 Å². The van der Waals surface area contributed by atoms with E-state index in [9.17, 15) is 13.2 Å². The molecular weight excluding hydrogens is 421 g/mol. The first-order chi connectivity index (χ1) is 14.4. The van der Waals surface area contributed by atoms with Gasteiger partial charge in [-0.1, -0.05) is 30.0 Å². The standard InChI is InChI=1S/C18H13F3N6O2S/c1-11(15-22-23-16(28-15)12-5-3-2-4-6-12)30-17-24-25-26-27(17)13-7-9-14(10-8-13)29-18(19,20)21/h2-11H,1H3. The van der Waals surface area contributed by atoms with Crippen LogP contribution in [0.4, 0.5) is 13.2 Å². The SMILES string of the molecule is CC(Sc1nnnn1-c1ccc(OC(F)(F)F)cc1)c1nnc(-c2ccccc2)o1. The van der Waals surface area contributed by atoms with Gasteiger partial charge in [-0.25, -0.2) is 0 Å². The van der Waals surface area contributed by atoms with Crippen LogP contribution in [0.5, 0.6) is 5.75 Å². The summed E-state index contributed by atoms with van der Waals surface area (Å²) in [5.74, 6) is 0.460. The van der Waals surface area contributed by atoms with Crippen LogP contribution < -0.4 is 4.74 Å². The van der Waals surface area contributed by atoms with Gasteiger partial charge in [0.2, 0.25) is 16.9 Å². The molecule has 2 aromatic heterocycles. The molecule has 0 aliphatic carbocycles. The van der Waals surface area contributed by atoms with Crippen LogP contribution in [-0.4, -0.2) is 36.8 Å². The molecule has 0 saturated heterocycles. The zero-order chi connectivity index (χ0) is 21.1. The molecule has 30 heavy (non-hydrogen) atoms. The van der Waals surface area contributed by atoms with Crippen molar-refractivity contribution in [1.29, 1.82) is 0 Å². The normalized spacial score (nSPS) is 12.7. The highest BCUT2D eigenvalue weighted by Crippen LogP contribution is 2.34. The van der Waals surface area contributed by atoms with Gasteiger partial charge in [0, 0.05) is 5.56 Å². The van der Waals surface area contributed by atoms with Gasteiger partial charge in [0.25, 0.3) is 0 Å². The van der Waals surface area contributed by atoms with Crippen LogP contribution in [0.1, 0.15) is 18.1 Å². The first-order valence-electron chi connectivity index (χ1n) is 8.59. The molecule has 0 amide bonds. The number of rotatable bonds is 6. The zero-order valence-corrected chi connectivity index (χ0v) is 16.1. The molecule has 2 aromatic carbocycles. The van der Waals surface area contributed by atoms with Crippen LogP contribution in [0, 0.1) is 0 Å². The Morgan fingerprint density at radius 3 is 2.43 bits per heavy atom. The lowest BCUT2D eigenvalue weighted by atomic mass is 10.2. The number of hydrogen-bond acceptors (Lipinski definition) is 8. The first-order valence-corrected chi connectivity index (χ1v) is 9.47. The molecule has 0 N–H and O–H groups in total. The second-order valence-corrected chi connectivity index (χ2v) is 7.29. The van der Waals surface area contributed by atoms with Crippen molar-refractivity contribution < 1.29 is 22.3 Å². The highest BCUT2D eigenvalue weighted by atomic mass is 32.2. The Balaban J connectivity index is 1.49. The molecule has 154 valence electrons. The van der Waals surface area contributed by atoms with Gasteiger partial charge >= 0.3 is 6.36 Å². The lowest BCUT2D eigenvalue weighted by molar-refractivity contribution is -0.274. The smallest absolute Gasteiger partial charge is 0.419 e. The lowest BCUT2D eigenvalue weighted by Gasteiger charge is -2.10. The molecule has 1 unspecified atom stereocenters. The van der Waals surface area contributed by atoms with Crippen LogP contribution in [0.3, 0.4) is 0 Å². The summed E-state index contributed by atoms with van der Waals surface area (Å²) in [4.78, 5) is 0. The molecule has 8 nitrogen and oxygen atoms in total. The maximum absolute atomic E-state index is 12.3. The maximum atomic E-state index is 12.3. The minimum atomic E-state index is -4.75. The molecule has 2 heterocycles. The number of thioether (sulfide) groups is 1. The fourth-order valence-corrected chi connectivity index (χ4v) is 3.35. The molecule has 0 radical (unpaired) electrons. The Kier molecular flexibility index (Phi) is 5.40. The first kappa shape index (κ1) is 19.9. The Morgan fingerprint density at radius 1 is 1.00 bits per heavy atom. The van der Waals surface area contributed by atoms with Gasteiger partial charge in [0.1, 0.15) is 5.75 Å². The van der Waals surface area contributed by atoms with E-state index in [1.807, 2.05) is 37.3 Å². The van der Waals surface area contributed by atoms with E-state index in [1.54, 1.807) is 0 Å². The van der Waals surface area contributed by atoms with E-state index in [2.05, 4.69) is 30.5 Å². The fourth-order valence-electron chi connectivity index (χ4n) is 2.51. The molecule has 4 rings (SSSR count). The second kappa shape index (κ2) is 8.14. The minimum Gasteiger partial charge on any atom is -0.419 e. The summed E-state index contributed by atoms with van der Waals surface area (Å²) in [6.45, 7) is 1.85. The predicted molar refractivity (Wildman–Crippen MR) is 99.8 cm³/mol. The fraction of sp³-hybridized carbons (Fsp3) is 0.167. The van der Waals surface area contributed by atoms with Crippen LogP contribution in [-0.2, 0) is 0 Å². The van der Waals surface area contributed by atoms with Gasteiger partial charge in [0.15, 0.2) is 0 Å². The number of alkyl halides is 3. The second-order valence-electron chi connectivity index (χ2n) is 5.99. The predicted octanol–water partition coefficient (Wildman–Crippen LogP) is 4.46. The van der Waals surface area contributed by atoms with E-state index in [0.29, 0.717) is 22.6 Å². The van der Waals surface area contributed by atoms with Crippen molar-refractivity contribution in [2.24, 2.45) is 0 Å². The van der Waals surface area contributed by atoms with Crippen molar-refractivity contribution in [2.45, 2.75) is 23.7 Å². The molecule has 1 atom stereocenters. The van der Waals surface area contributed by atoms with E-state index >= 15 is 0 Å². The number of tetrazole rings is 1. The molecular formula is C18H13F3N6O2S. The lowest BCUT2D eigenvalue weighted by Crippen LogP contribution is -2.17. The molecule has 0 spiro atoms. The molecule has 12 heteroatoms. The van der Waals surface area contributed by atoms with Crippen molar-refractivity contribution >= 4 is 11.8 Å². The van der Waals surface area contributed by atoms with Crippen LogP contribution in [0.2, 0.25) is 0 Å². The van der Waals surface area contributed by atoms with Crippen molar-refractivity contribution in [3.05, 3.63) is 60.5 Å². The Labute approximate surface area is 172 Å². The van der Waals surface area contributed by atoms with E-state index in [-0.39, 0.29) is 11.0 Å². The quantitative estimate of drug-likeness (QED) is 0.411. The van der Waals surface area contributed by atoms with Gasteiger partial charge < -0.3 is 9.15 Å². The van der Waals surface area contributed by atoms with Gasteiger partial charge in [-0.15, -0.1) is 28.5 Å². The van der Waals surface area contributed by atoms with Gasteiger partial charge in [0.05, 0.1) is 10.9 Å². The average Bonchev–Trinajstić information content (AvgIpc) is 3.38.